The summed E-state index contributed by atoms with van der Waals surface area (Å²) in [6.07, 6.45) is 0.546. The second kappa shape index (κ2) is 6.74. The minimum absolute atomic E-state index is 0.119. The van der Waals surface area contributed by atoms with Gasteiger partial charge < -0.3 is 4.90 Å². The lowest BCUT2D eigenvalue weighted by Crippen LogP contribution is -2.36. The van der Waals surface area contributed by atoms with Gasteiger partial charge in [0.05, 0.1) is 5.71 Å². The van der Waals surface area contributed by atoms with Crippen LogP contribution in [0.1, 0.15) is 39.7 Å². The van der Waals surface area contributed by atoms with Gasteiger partial charge in [-0.1, -0.05) is 19.1 Å². The molecule has 4 nitrogen and oxygen atoms in total. The lowest BCUT2D eigenvalue weighted by Gasteiger charge is -2.27. The van der Waals surface area contributed by atoms with E-state index >= 15 is 0 Å². The maximum atomic E-state index is 11.8. The zero-order valence-electron chi connectivity index (χ0n) is 13.5. The van der Waals surface area contributed by atoms with Crippen LogP contribution in [0.5, 0.6) is 0 Å². The smallest absolute Gasteiger partial charge is 0.243 e. The van der Waals surface area contributed by atoms with Crippen LogP contribution >= 0.6 is 0 Å². The van der Waals surface area contributed by atoms with Crippen molar-refractivity contribution in [3.8, 4) is 0 Å². The molecule has 0 bridgehead atoms. The maximum Gasteiger partial charge on any atom is 0.243 e. The highest BCUT2D eigenvalue weighted by atomic mass is 16.2. The first-order valence-corrected chi connectivity index (χ1v) is 7.84. The number of hydrazone groups is 1. The van der Waals surface area contributed by atoms with Crippen LogP contribution in [-0.2, 0) is 4.79 Å². The Morgan fingerprint density at radius 3 is 2.33 bits per heavy atom. The minimum atomic E-state index is 0.119. The van der Waals surface area contributed by atoms with Gasteiger partial charge in [0.1, 0.15) is 0 Å². The van der Waals surface area contributed by atoms with Crippen molar-refractivity contribution >= 4 is 17.3 Å². The topological polar surface area (TPSA) is 35.9 Å². The number of carbonyl (C=O) groups is 1. The Morgan fingerprint density at radius 2 is 1.81 bits per heavy atom. The molecule has 0 saturated heterocycles. The van der Waals surface area contributed by atoms with Crippen LogP contribution in [0.3, 0.4) is 0 Å². The van der Waals surface area contributed by atoms with Crippen molar-refractivity contribution in [1.82, 2.24) is 5.01 Å². The van der Waals surface area contributed by atoms with Gasteiger partial charge in [0, 0.05) is 37.7 Å². The van der Waals surface area contributed by atoms with E-state index in [0.717, 1.165) is 24.4 Å². The fraction of sp³-hybridized carbons (Fsp3) is 0.529. The number of anilines is 1. The molecular weight excluding hydrogens is 262 g/mol. The average Bonchev–Trinajstić information content (AvgIpc) is 2.50. The molecule has 0 aromatic heterocycles. The summed E-state index contributed by atoms with van der Waals surface area (Å²) in [5, 5.41) is 6.11. The van der Waals surface area contributed by atoms with Gasteiger partial charge >= 0.3 is 0 Å². The van der Waals surface area contributed by atoms with Crippen LogP contribution in [0.4, 0.5) is 5.69 Å². The van der Waals surface area contributed by atoms with Gasteiger partial charge in [-0.2, -0.15) is 5.10 Å². The number of benzene rings is 1. The molecule has 1 aliphatic heterocycles. The second-order valence-electron chi connectivity index (χ2n) is 5.42. The van der Waals surface area contributed by atoms with Crippen molar-refractivity contribution in [2.45, 2.75) is 34.1 Å². The molecular formula is C17H25N3O. The molecule has 1 unspecified atom stereocenters. The monoisotopic (exact) mass is 287 g/mol. The van der Waals surface area contributed by atoms with Crippen molar-refractivity contribution in [3.05, 3.63) is 29.8 Å². The molecule has 0 N–H and O–H groups in total. The number of rotatable bonds is 5. The quantitative estimate of drug-likeness (QED) is 0.834. The summed E-state index contributed by atoms with van der Waals surface area (Å²) in [6, 6.07) is 8.52. The molecule has 4 heteroatoms. The van der Waals surface area contributed by atoms with E-state index in [2.05, 4.69) is 55.0 Å². The number of nitrogens with zero attached hydrogens (tertiary/aromatic N) is 3. The van der Waals surface area contributed by atoms with E-state index in [1.165, 1.54) is 5.69 Å². The fourth-order valence-electron chi connectivity index (χ4n) is 2.77. The van der Waals surface area contributed by atoms with E-state index in [1.54, 1.807) is 5.01 Å². The first-order valence-electron chi connectivity index (χ1n) is 7.84. The van der Waals surface area contributed by atoms with E-state index in [0.29, 0.717) is 13.0 Å². The number of hydrogen-bond acceptors (Lipinski definition) is 3. The molecule has 0 spiro atoms. The molecule has 114 valence electrons. The SMILES string of the molecule is CCN1N=C(c2ccc(N(CC)CC)cc2)C(C)CC1=O. The summed E-state index contributed by atoms with van der Waals surface area (Å²) < 4.78 is 0. The Bertz CT molecular complexity index is 517. The second-order valence-corrected chi connectivity index (χ2v) is 5.42. The fourth-order valence-corrected chi connectivity index (χ4v) is 2.77. The first-order chi connectivity index (χ1) is 10.1. The highest BCUT2D eigenvalue weighted by Crippen LogP contribution is 2.22. The van der Waals surface area contributed by atoms with Crippen LogP contribution < -0.4 is 4.90 Å². The predicted molar refractivity (Wildman–Crippen MR) is 87.7 cm³/mol. The molecule has 1 atom stereocenters. The van der Waals surface area contributed by atoms with Crippen LogP contribution in [0.2, 0.25) is 0 Å². The van der Waals surface area contributed by atoms with Gasteiger partial charge in [0.15, 0.2) is 0 Å². The van der Waals surface area contributed by atoms with Crippen LogP contribution in [0.15, 0.2) is 29.4 Å². The molecule has 0 radical (unpaired) electrons. The van der Waals surface area contributed by atoms with Crippen LogP contribution in [0.25, 0.3) is 0 Å². The predicted octanol–water partition coefficient (Wildman–Crippen LogP) is 3.13. The normalized spacial score (nSPS) is 18.7. The van der Waals surface area contributed by atoms with Crippen molar-refractivity contribution in [2.24, 2.45) is 11.0 Å². The highest BCUT2D eigenvalue weighted by molar-refractivity contribution is 6.05. The van der Waals surface area contributed by atoms with Crippen molar-refractivity contribution < 1.29 is 4.79 Å². The Labute approximate surface area is 127 Å². The Hall–Kier alpha value is -1.84. The van der Waals surface area contributed by atoms with Crippen molar-refractivity contribution in [2.75, 3.05) is 24.5 Å². The molecule has 2 rings (SSSR count). The molecule has 0 saturated carbocycles. The van der Waals surface area contributed by atoms with Gasteiger partial charge in [-0.15, -0.1) is 0 Å². The standard InChI is InChI=1S/C17H25N3O/c1-5-19(6-2)15-10-8-14(9-11-15)17-13(4)12-16(21)20(7-3)18-17/h8-11,13H,5-7,12H2,1-4H3. The van der Waals surface area contributed by atoms with E-state index in [1.807, 2.05) is 6.92 Å². The van der Waals surface area contributed by atoms with Crippen LogP contribution in [0, 0.1) is 5.92 Å². The molecule has 1 heterocycles. The third-order valence-corrected chi connectivity index (χ3v) is 4.06. The zero-order chi connectivity index (χ0) is 15.4. The van der Waals surface area contributed by atoms with Gasteiger partial charge in [0.2, 0.25) is 5.91 Å². The maximum absolute atomic E-state index is 11.8. The van der Waals surface area contributed by atoms with E-state index in [-0.39, 0.29) is 11.8 Å². The lowest BCUT2D eigenvalue weighted by molar-refractivity contribution is -0.132. The van der Waals surface area contributed by atoms with Gasteiger partial charge in [0.25, 0.3) is 0 Å². The summed E-state index contributed by atoms with van der Waals surface area (Å²) in [6.45, 7) is 11.0. The number of amides is 1. The minimum Gasteiger partial charge on any atom is -0.372 e. The van der Waals surface area contributed by atoms with Gasteiger partial charge in [-0.05, 0) is 38.5 Å². The molecule has 0 fully saturated rings. The van der Waals surface area contributed by atoms with E-state index < -0.39 is 0 Å². The Balaban J connectivity index is 2.27. The molecule has 1 aliphatic rings. The first kappa shape index (κ1) is 15.5. The summed E-state index contributed by atoms with van der Waals surface area (Å²) in [7, 11) is 0. The van der Waals surface area contributed by atoms with Gasteiger partial charge in [-0.25, -0.2) is 5.01 Å². The van der Waals surface area contributed by atoms with E-state index in [9.17, 15) is 4.79 Å². The molecule has 1 amide bonds. The van der Waals surface area contributed by atoms with Crippen molar-refractivity contribution in [1.29, 1.82) is 0 Å². The largest absolute Gasteiger partial charge is 0.372 e. The lowest BCUT2D eigenvalue weighted by atomic mass is 9.93. The zero-order valence-corrected chi connectivity index (χ0v) is 13.5. The Kier molecular flexibility index (Phi) is 4.99. The summed E-state index contributed by atoms with van der Waals surface area (Å²) in [5.41, 5.74) is 3.36. The number of carbonyl (C=O) groups excluding carboxylic acids is 1. The van der Waals surface area contributed by atoms with E-state index in [4.69, 9.17) is 0 Å². The molecule has 0 aliphatic carbocycles. The van der Waals surface area contributed by atoms with Crippen LogP contribution in [-0.4, -0.2) is 36.3 Å². The summed E-state index contributed by atoms with van der Waals surface area (Å²) in [5.74, 6) is 0.299. The number of hydrogen-bond donors (Lipinski definition) is 0. The van der Waals surface area contributed by atoms with Gasteiger partial charge in [-0.3, -0.25) is 4.79 Å². The third kappa shape index (κ3) is 3.26. The third-order valence-electron chi connectivity index (χ3n) is 4.06. The summed E-state index contributed by atoms with van der Waals surface area (Å²) >= 11 is 0. The molecule has 1 aromatic carbocycles. The van der Waals surface area contributed by atoms with Crippen molar-refractivity contribution in [3.63, 3.8) is 0 Å². The average molecular weight is 287 g/mol. The summed E-state index contributed by atoms with van der Waals surface area (Å²) in [4.78, 5) is 14.2. The molecule has 21 heavy (non-hydrogen) atoms. The molecule has 1 aromatic rings. The Morgan fingerprint density at radius 1 is 1.19 bits per heavy atom. The highest BCUT2D eigenvalue weighted by Gasteiger charge is 2.26.